The van der Waals surface area contributed by atoms with E-state index >= 15 is 0 Å². The van der Waals surface area contributed by atoms with Crippen molar-refractivity contribution in [2.45, 2.75) is 38.3 Å². The van der Waals surface area contributed by atoms with Crippen LogP contribution in [0.25, 0.3) is 0 Å². The summed E-state index contributed by atoms with van der Waals surface area (Å²) >= 11 is 0. The summed E-state index contributed by atoms with van der Waals surface area (Å²) in [7, 11) is 0. The van der Waals surface area contributed by atoms with Gasteiger partial charge in [-0.05, 0) is 30.1 Å². The molecule has 0 aromatic heterocycles. The van der Waals surface area contributed by atoms with Crippen molar-refractivity contribution < 1.29 is 19.1 Å². The highest BCUT2D eigenvalue weighted by Crippen LogP contribution is 2.41. The molecule has 2 heterocycles. The van der Waals surface area contributed by atoms with E-state index in [1.807, 2.05) is 49.4 Å². The van der Waals surface area contributed by atoms with Gasteiger partial charge in [0.05, 0.1) is 6.04 Å². The monoisotopic (exact) mass is 380 g/mol. The lowest BCUT2D eigenvalue weighted by molar-refractivity contribution is -0.130. The fraction of sp³-hybridized carbons (Fsp3) is 0.409. The molecular weight excluding hydrogens is 356 g/mol. The third kappa shape index (κ3) is 3.40. The minimum atomic E-state index is -0.603. The number of hydrogen-bond acceptors (Lipinski definition) is 5. The van der Waals surface area contributed by atoms with Gasteiger partial charge in [0.25, 0.3) is 5.91 Å². The lowest BCUT2D eigenvalue weighted by atomic mass is 9.70. The Morgan fingerprint density at radius 3 is 2.82 bits per heavy atom. The molecule has 3 atom stereocenters. The van der Waals surface area contributed by atoms with Crippen LogP contribution < -0.4 is 5.32 Å². The van der Waals surface area contributed by atoms with Gasteiger partial charge < -0.3 is 4.74 Å². The second kappa shape index (κ2) is 7.36. The summed E-state index contributed by atoms with van der Waals surface area (Å²) < 4.78 is 5.21. The van der Waals surface area contributed by atoms with Crippen LogP contribution in [0.4, 0.5) is 4.79 Å². The molecule has 1 aromatic rings. The number of cyclic esters (lactones) is 1. The van der Waals surface area contributed by atoms with Crippen LogP contribution in [0.2, 0.25) is 0 Å². The molecule has 4 rings (SSSR count). The van der Waals surface area contributed by atoms with Gasteiger partial charge in [-0.3, -0.25) is 14.9 Å². The molecule has 1 saturated heterocycles. The zero-order valence-electron chi connectivity index (χ0n) is 15.9. The lowest BCUT2D eigenvalue weighted by Crippen LogP contribution is -2.51. The Bertz CT molecular complexity index is 861. The zero-order valence-corrected chi connectivity index (χ0v) is 15.9. The Morgan fingerprint density at radius 2 is 2.07 bits per heavy atom. The number of carbonyl (C=O) groups excluding carboxylic acids is 3. The summed E-state index contributed by atoms with van der Waals surface area (Å²) in [5, 5.41) is 3.20. The maximum Gasteiger partial charge on any atom is 0.417 e. The van der Waals surface area contributed by atoms with Crippen molar-refractivity contribution >= 4 is 17.8 Å². The van der Waals surface area contributed by atoms with Gasteiger partial charge in [0.1, 0.15) is 12.6 Å². The molecule has 6 nitrogen and oxygen atoms in total. The Morgan fingerprint density at radius 1 is 1.29 bits per heavy atom. The third-order valence-corrected chi connectivity index (χ3v) is 5.85. The molecule has 1 N–H and O–H groups in total. The molecule has 2 amide bonds. The van der Waals surface area contributed by atoms with Gasteiger partial charge in [-0.1, -0.05) is 49.4 Å². The molecule has 6 heteroatoms. The summed E-state index contributed by atoms with van der Waals surface area (Å²) in [5.41, 5.74) is 1.54. The molecule has 28 heavy (non-hydrogen) atoms. The average Bonchev–Trinajstić information content (AvgIpc) is 3.30. The minimum absolute atomic E-state index is 0.0651. The molecule has 0 spiro atoms. The van der Waals surface area contributed by atoms with Gasteiger partial charge in [-0.25, -0.2) is 9.69 Å². The van der Waals surface area contributed by atoms with E-state index in [4.69, 9.17) is 4.74 Å². The maximum atomic E-state index is 13.4. The fourth-order valence-corrected chi connectivity index (χ4v) is 4.42. The Kier molecular flexibility index (Phi) is 4.89. The van der Waals surface area contributed by atoms with E-state index in [0.29, 0.717) is 25.8 Å². The number of rotatable bonds is 4. The number of carbonyl (C=O) groups is 3. The van der Waals surface area contributed by atoms with Crippen molar-refractivity contribution in [2.75, 3.05) is 13.2 Å². The number of nitrogens with one attached hydrogen (secondary N) is 1. The minimum Gasteiger partial charge on any atom is -0.447 e. The number of benzene rings is 1. The summed E-state index contributed by atoms with van der Waals surface area (Å²) in [6, 6.07) is 8.83. The molecule has 1 unspecified atom stereocenters. The van der Waals surface area contributed by atoms with Crippen LogP contribution in [0, 0.1) is 5.41 Å². The van der Waals surface area contributed by atoms with E-state index in [2.05, 4.69) is 5.32 Å². The number of amides is 2. The molecular formula is C22H24N2O4. The van der Waals surface area contributed by atoms with Crippen LogP contribution in [-0.4, -0.2) is 47.9 Å². The molecule has 1 aliphatic carbocycles. The first-order chi connectivity index (χ1) is 13.5. The number of imide groups is 1. The molecule has 0 saturated carbocycles. The summed E-state index contributed by atoms with van der Waals surface area (Å²) in [6.07, 6.45) is 6.51. The maximum absolute atomic E-state index is 13.4. The second-order valence-electron chi connectivity index (χ2n) is 7.94. The number of ketones is 1. The number of hydrogen-bond donors (Lipinski definition) is 1. The Hall–Kier alpha value is -2.73. The van der Waals surface area contributed by atoms with E-state index < -0.39 is 17.6 Å². The molecule has 146 valence electrons. The number of ether oxygens (including phenoxy) is 1. The fourth-order valence-electron chi connectivity index (χ4n) is 4.42. The third-order valence-electron chi connectivity index (χ3n) is 5.85. The van der Waals surface area contributed by atoms with E-state index in [1.165, 1.54) is 4.90 Å². The van der Waals surface area contributed by atoms with Gasteiger partial charge in [0, 0.05) is 18.4 Å². The molecule has 2 aliphatic heterocycles. The van der Waals surface area contributed by atoms with E-state index in [1.54, 1.807) is 6.08 Å². The second-order valence-corrected chi connectivity index (χ2v) is 7.94. The normalized spacial score (nSPS) is 29.8. The van der Waals surface area contributed by atoms with Crippen molar-refractivity contribution in [1.29, 1.82) is 0 Å². The number of nitrogens with zero attached hydrogens (tertiary/aromatic N) is 1. The Balaban J connectivity index is 1.55. The topological polar surface area (TPSA) is 75.7 Å². The van der Waals surface area contributed by atoms with Gasteiger partial charge >= 0.3 is 6.09 Å². The van der Waals surface area contributed by atoms with Gasteiger partial charge in [0.15, 0.2) is 5.78 Å². The van der Waals surface area contributed by atoms with E-state index in [9.17, 15) is 14.4 Å². The van der Waals surface area contributed by atoms with E-state index in [-0.39, 0.29) is 24.3 Å². The average molecular weight is 380 g/mol. The van der Waals surface area contributed by atoms with Crippen molar-refractivity contribution in [1.82, 2.24) is 10.2 Å². The highest BCUT2D eigenvalue weighted by Gasteiger charge is 2.46. The van der Waals surface area contributed by atoms with Crippen LogP contribution in [0.3, 0.4) is 0 Å². The lowest BCUT2D eigenvalue weighted by Gasteiger charge is -2.35. The smallest absolute Gasteiger partial charge is 0.417 e. The van der Waals surface area contributed by atoms with Crippen LogP contribution in [0.15, 0.2) is 54.1 Å². The van der Waals surface area contributed by atoms with Crippen molar-refractivity contribution in [3.8, 4) is 0 Å². The summed E-state index contributed by atoms with van der Waals surface area (Å²) in [4.78, 5) is 38.9. The first-order valence-corrected chi connectivity index (χ1v) is 9.65. The predicted molar refractivity (Wildman–Crippen MR) is 103 cm³/mol. The molecule has 0 bridgehead atoms. The van der Waals surface area contributed by atoms with Gasteiger partial charge in [-0.2, -0.15) is 0 Å². The highest BCUT2D eigenvalue weighted by molar-refractivity contribution is 5.99. The van der Waals surface area contributed by atoms with Crippen molar-refractivity contribution in [3.05, 3.63) is 59.7 Å². The first kappa shape index (κ1) is 18.6. The van der Waals surface area contributed by atoms with Gasteiger partial charge in [-0.15, -0.1) is 0 Å². The SMILES string of the molecule is CC1(C2=CCN[C@H]2C(=O)N2C(=O)OC[C@@H]2Cc2ccccc2)CC=CC(=O)C1. The van der Waals surface area contributed by atoms with E-state index in [0.717, 1.165) is 11.1 Å². The molecule has 1 aromatic carbocycles. The quantitative estimate of drug-likeness (QED) is 0.812. The summed E-state index contributed by atoms with van der Waals surface area (Å²) in [5.74, 6) is -0.231. The largest absolute Gasteiger partial charge is 0.447 e. The zero-order chi connectivity index (χ0) is 19.7. The van der Waals surface area contributed by atoms with Gasteiger partial charge in [0.2, 0.25) is 0 Å². The van der Waals surface area contributed by atoms with Crippen LogP contribution in [0.1, 0.15) is 25.3 Å². The molecule has 3 aliphatic rings. The van der Waals surface area contributed by atoms with Crippen molar-refractivity contribution in [2.24, 2.45) is 5.41 Å². The number of allylic oxidation sites excluding steroid dienone is 2. The molecule has 1 fully saturated rings. The standard InChI is InChI=1S/C22H24N2O4/c1-22(10-5-8-17(25)13-22)18-9-11-23-19(18)20(26)24-16(14-28-21(24)27)12-15-6-3-2-4-7-15/h2-9,16,19,23H,10-14H2,1H3/t16-,19+,22?/m0/s1. The first-order valence-electron chi connectivity index (χ1n) is 9.65. The predicted octanol–water partition coefficient (Wildman–Crippen LogP) is 2.40. The Labute approximate surface area is 164 Å². The summed E-state index contributed by atoms with van der Waals surface area (Å²) in [6.45, 7) is 2.76. The molecule has 0 radical (unpaired) electrons. The van der Waals surface area contributed by atoms with Crippen LogP contribution in [-0.2, 0) is 20.7 Å². The highest BCUT2D eigenvalue weighted by atomic mass is 16.6. The van der Waals surface area contributed by atoms with Crippen LogP contribution in [0.5, 0.6) is 0 Å². The van der Waals surface area contributed by atoms with Crippen molar-refractivity contribution in [3.63, 3.8) is 0 Å². The van der Waals surface area contributed by atoms with Crippen LogP contribution >= 0.6 is 0 Å².